The maximum Gasteiger partial charge on any atom is 0.265 e. The molecule has 1 aromatic heterocycles. The lowest BCUT2D eigenvalue weighted by Gasteiger charge is -2.08. The van der Waals surface area contributed by atoms with Crippen molar-refractivity contribution >= 4 is 21.6 Å². The zero-order chi connectivity index (χ0) is 10.0. The van der Waals surface area contributed by atoms with Crippen molar-refractivity contribution in [3.8, 4) is 0 Å². The van der Waals surface area contributed by atoms with Crippen molar-refractivity contribution in [1.82, 2.24) is 4.57 Å². The largest absolute Gasteiger partial charge is 0.398 e. The van der Waals surface area contributed by atoms with E-state index in [1.165, 1.54) is 10.8 Å². The van der Waals surface area contributed by atoms with Gasteiger partial charge in [-0.15, -0.1) is 0 Å². The third kappa shape index (κ3) is 2.57. The predicted molar refractivity (Wildman–Crippen MR) is 54.5 cm³/mol. The number of aliphatic hydroxyl groups is 1. The zero-order valence-electron chi connectivity index (χ0n) is 7.20. The molecule has 4 nitrogen and oxygen atoms in total. The van der Waals surface area contributed by atoms with Crippen LogP contribution in [0.5, 0.6) is 0 Å². The number of nitrogens with two attached hydrogens (primary N) is 1. The third-order valence-electron chi connectivity index (χ3n) is 1.52. The number of nitrogens with zero attached hydrogens (tertiary/aromatic N) is 1. The summed E-state index contributed by atoms with van der Waals surface area (Å²) in [5.74, 6) is 0. The second-order valence-corrected chi connectivity index (χ2v) is 3.78. The number of rotatable bonds is 2. The number of anilines is 1. The Labute approximate surface area is 84.1 Å². The second kappa shape index (κ2) is 3.93. The minimum absolute atomic E-state index is 0.185. The SMILES string of the molecule is CC(O)Cn1cc(N)cc(Br)c1=O. The van der Waals surface area contributed by atoms with Crippen LogP contribution in [-0.2, 0) is 6.54 Å². The van der Waals surface area contributed by atoms with Gasteiger partial charge in [-0.2, -0.15) is 0 Å². The Morgan fingerprint density at radius 1 is 1.77 bits per heavy atom. The summed E-state index contributed by atoms with van der Waals surface area (Å²) >= 11 is 3.09. The van der Waals surface area contributed by atoms with Gasteiger partial charge in [0.2, 0.25) is 0 Å². The molecule has 1 rings (SSSR count). The molecule has 0 amide bonds. The summed E-state index contributed by atoms with van der Waals surface area (Å²) in [6.07, 6.45) is 0.950. The quantitative estimate of drug-likeness (QED) is 0.802. The fourth-order valence-electron chi connectivity index (χ4n) is 1.04. The van der Waals surface area contributed by atoms with Gasteiger partial charge in [0.05, 0.1) is 17.1 Å². The molecular formula is C8H11BrN2O2. The predicted octanol–water partition coefficient (Wildman–Crippen LogP) is 0.574. The van der Waals surface area contributed by atoms with Crippen LogP contribution in [0.2, 0.25) is 0 Å². The first-order valence-corrected chi connectivity index (χ1v) is 4.63. The maximum absolute atomic E-state index is 11.4. The molecule has 0 aliphatic carbocycles. The van der Waals surface area contributed by atoms with Gasteiger partial charge >= 0.3 is 0 Å². The molecule has 13 heavy (non-hydrogen) atoms. The molecule has 0 fully saturated rings. The smallest absolute Gasteiger partial charge is 0.265 e. The average Bonchev–Trinajstić information content (AvgIpc) is 1.98. The van der Waals surface area contributed by atoms with Crippen LogP contribution in [0.25, 0.3) is 0 Å². The van der Waals surface area contributed by atoms with E-state index in [4.69, 9.17) is 10.8 Å². The molecule has 1 atom stereocenters. The van der Waals surface area contributed by atoms with Gasteiger partial charge in [-0.25, -0.2) is 0 Å². The first-order valence-electron chi connectivity index (χ1n) is 3.84. The second-order valence-electron chi connectivity index (χ2n) is 2.93. The molecule has 5 heteroatoms. The number of pyridine rings is 1. The van der Waals surface area contributed by atoms with Crippen LogP contribution in [0, 0.1) is 0 Å². The van der Waals surface area contributed by atoms with Crippen LogP contribution in [-0.4, -0.2) is 15.8 Å². The Morgan fingerprint density at radius 3 is 2.92 bits per heavy atom. The molecule has 0 aromatic carbocycles. The van der Waals surface area contributed by atoms with E-state index in [9.17, 15) is 4.79 Å². The highest BCUT2D eigenvalue weighted by atomic mass is 79.9. The normalized spacial score (nSPS) is 12.8. The van der Waals surface area contributed by atoms with Gasteiger partial charge in [0, 0.05) is 11.9 Å². The summed E-state index contributed by atoms with van der Waals surface area (Å²) in [4.78, 5) is 11.4. The fourth-order valence-corrected chi connectivity index (χ4v) is 1.53. The Hall–Kier alpha value is -0.810. The van der Waals surface area contributed by atoms with Crippen LogP contribution in [0.15, 0.2) is 21.5 Å². The van der Waals surface area contributed by atoms with Crippen molar-refractivity contribution in [3.63, 3.8) is 0 Å². The van der Waals surface area contributed by atoms with E-state index in [1.54, 1.807) is 13.0 Å². The molecule has 0 bridgehead atoms. The topological polar surface area (TPSA) is 68.2 Å². The number of nitrogen functional groups attached to an aromatic ring is 1. The number of aliphatic hydroxyl groups excluding tert-OH is 1. The van der Waals surface area contributed by atoms with Crippen molar-refractivity contribution in [2.24, 2.45) is 0 Å². The molecular weight excluding hydrogens is 236 g/mol. The number of halogens is 1. The van der Waals surface area contributed by atoms with Crippen molar-refractivity contribution in [2.75, 3.05) is 5.73 Å². The van der Waals surface area contributed by atoms with E-state index in [0.29, 0.717) is 10.2 Å². The molecule has 72 valence electrons. The summed E-state index contributed by atoms with van der Waals surface area (Å²) in [5, 5.41) is 9.10. The first kappa shape index (κ1) is 10.3. The van der Waals surface area contributed by atoms with Crippen LogP contribution >= 0.6 is 15.9 Å². The minimum atomic E-state index is -0.564. The Kier molecular flexibility index (Phi) is 3.11. The Morgan fingerprint density at radius 2 is 2.38 bits per heavy atom. The molecule has 3 N–H and O–H groups in total. The van der Waals surface area contributed by atoms with Gasteiger partial charge in [-0.05, 0) is 28.9 Å². The van der Waals surface area contributed by atoms with Gasteiger partial charge in [0.25, 0.3) is 5.56 Å². The molecule has 1 heterocycles. The van der Waals surface area contributed by atoms with E-state index in [1.807, 2.05) is 0 Å². The highest BCUT2D eigenvalue weighted by Crippen LogP contribution is 2.08. The van der Waals surface area contributed by atoms with Crippen molar-refractivity contribution in [3.05, 3.63) is 27.1 Å². The van der Waals surface area contributed by atoms with E-state index in [0.717, 1.165) is 0 Å². The van der Waals surface area contributed by atoms with Crippen molar-refractivity contribution in [2.45, 2.75) is 19.6 Å². The number of hydrogen-bond donors (Lipinski definition) is 2. The molecule has 0 saturated heterocycles. The Balaban J connectivity index is 3.13. The van der Waals surface area contributed by atoms with Gasteiger partial charge in [-0.1, -0.05) is 0 Å². The molecule has 1 aromatic rings. The van der Waals surface area contributed by atoms with Gasteiger partial charge < -0.3 is 15.4 Å². The lowest BCUT2D eigenvalue weighted by molar-refractivity contribution is 0.172. The molecule has 0 spiro atoms. The Bertz CT molecular complexity index is 360. The van der Waals surface area contributed by atoms with Crippen LogP contribution < -0.4 is 11.3 Å². The van der Waals surface area contributed by atoms with E-state index in [2.05, 4.69) is 15.9 Å². The molecule has 0 radical (unpaired) electrons. The van der Waals surface area contributed by atoms with E-state index >= 15 is 0 Å². The molecule has 1 unspecified atom stereocenters. The first-order chi connectivity index (χ1) is 6.00. The van der Waals surface area contributed by atoms with Crippen molar-refractivity contribution in [1.29, 1.82) is 0 Å². The molecule has 0 saturated carbocycles. The van der Waals surface area contributed by atoms with Gasteiger partial charge in [0.1, 0.15) is 0 Å². The van der Waals surface area contributed by atoms with Crippen molar-refractivity contribution < 1.29 is 5.11 Å². The number of aromatic nitrogens is 1. The summed E-state index contributed by atoms with van der Waals surface area (Å²) in [6.45, 7) is 1.87. The van der Waals surface area contributed by atoms with Crippen LogP contribution in [0.3, 0.4) is 0 Å². The van der Waals surface area contributed by atoms with E-state index in [-0.39, 0.29) is 12.1 Å². The summed E-state index contributed by atoms with van der Waals surface area (Å²) in [6, 6.07) is 1.54. The third-order valence-corrected chi connectivity index (χ3v) is 2.09. The maximum atomic E-state index is 11.4. The van der Waals surface area contributed by atoms with Crippen LogP contribution in [0.4, 0.5) is 5.69 Å². The summed E-state index contributed by atoms with van der Waals surface area (Å²) in [7, 11) is 0. The standard InChI is InChI=1S/C8H11BrN2O2/c1-5(12)3-11-4-6(10)2-7(9)8(11)13/h2,4-5,12H,3,10H2,1H3. The van der Waals surface area contributed by atoms with Crippen LogP contribution in [0.1, 0.15) is 6.92 Å². The highest BCUT2D eigenvalue weighted by molar-refractivity contribution is 9.10. The fraction of sp³-hybridized carbons (Fsp3) is 0.375. The van der Waals surface area contributed by atoms with E-state index < -0.39 is 6.10 Å². The van der Waals surface area contributed by atoms with Gasteiger partial charge in [-0.3, -0.25) is 4.79 Å². The average molecular weight is 247 g/mol. The monoisotopic (exact) mass is 246 g/mol. The summed E-state index contributed by atoms with van der Waals surface area (Å²) in [5.41, 5.74) is 5.84. The zero-order valence-corrected chi connectivity index (χ0v) is 8.78. The summed E-state index contributed by atoms with van der Waals surface area (Å²) < 4.78 is 1.79. The highest BCUT2D eigenvalue weighted by Gasteiger charge is 2.04. The lowest BCUT2D eigenvalue weighted by atomic mass is 10.3. The van der Waals surface area contributed by atoms with Gasteiger partial charge in [0.15, 0.2) is 0 Å². The number of hydrogen-bond acceptors (Lipinski definition) is 3. The lowest BCUT2D eigenvalue weighted by Crippen LogP contribution is -2.25. The molecule has 0 aliphatic heterocycles. The molecule has 0 aliphatic rings. The minimum Gasteiger partial charge on any atom is -0.398 e.